The van der Waals surface area contributed by atoms with E-state index in [-0.39, 0.29) is 0 Å². The molecule has 2 rings (SSSR count). The highest BCUT2D eigenvalue weighted by atomic mass is 32.1. The minimum absolute atomic E-state index is 0.494. The number of hydrogen-bond donors (Lipinski definition) is 2. The number of alkyl halides is 3. The Balaban J connectivity index is 2.25. The van der Waals surface area contributed by atoms with Crippen LogP contribution in [0, 0.1) is 6.92 Å². The van der Waals surface area contributed by atoms with Gasteiger partial charge in [0.2, 0.25) is 0 Å². The number of rotatable bonds is 4. The fraction of sp³-hybridized carbons (Fsp3) is 0.308. The lowest BCUT2D eigenvalue weighted by Crippen LogP contribution is -2.12. The maximum Gasteiger partial charge on any atom is 0.416 e. The van der Waals surface area contributed by atoms with Gasteiger partial charge in [-0.15, -0.1) is 11.3 Å². The Morgan fingerprint density at radius 3 is 2.45 bits per heavy atom. The van der Waals surface area contributed by atoms with E-state index < -0.39 is 11.7 Å². The van der Waals surface area contributed by atoms with E-state index in [1.807, 2.05) is 6.92 Å². The number of benzene rings is 1. The fourth-order valence-electron chi connectivity index (χ4n) is 1.74. The average Bonchev–Trinajstić information content (AvgIpc) is 2.77. The number of aryl methyl sites for hydroxylation is 1. The van der Waals surface area contributed by atoms with Crippen molar-refractivity contribution in [2.24, 2.45) is 5.73 Å². The van der Waals surface area contributed by atoms with E-state index in [0.717, 1.165) is 22.1 Å². The van der Waals surface area contributed by atoms with Crippen molar-refractivity contribution < 1.29 is 13.2 Å². The lowest BCUT2D eigenvalue weighted by atomic mass is 10.1. The standard InChI is InChI=1S/C13H14F3N3S/c1-8-11(19-12(20-8)18-7-6-17)9-2-4-10(5-3-9)13(14,15)16/h2-5H,6-7,17H2,1H3,(H,18,19). The molecule has 1 aromatic heterocycles. The number of thiazole rings is 1. The smallest absolute Gasteiger partial charge is 0.360 e. The van der Waals surface area contributed by atoms with E-state index in [0.29, 0.717) is 24.3 Å². The highest BCUT2D eigenvalue weighted by Gasteiger charge is 2.30. The molecule has 2 aromatic rings. The second kappa shape index (κ2) is 5.80. The Morgan fingerprint density at radius 2 is 1.90 bits per heavy atom. The normalized spacial score (nSPS) is 11.7. The molecular weight excluding hydrogens is 287 g/mol. The zero-order valence-electron chi connectivity index (χ0n) is 10.8. The molecule has 3 N–H and O–H groups in total. The van der Waals surface area contributed by atoms with Gasteiger partial charge in [-0.2, -0.15) is 13.2 Å². The molecule has 7 heteroatoms. The SMILES string of the molecule is Cc1sc(NCCN)nc1-c1ccc(C(F)(F)F)cc1. The van der Waals surface area contributed by atoms with Crippen LogP contribution in [0.25, 0.3) is 11.3 Å². The predicted molar refractivity (Wildman–Crippen MR) is 74.8 cm³/mol. The molecule has 0 bridgehead atoms. The fourth-order valence-corrected chi connectivity index (χ4v) is 2.60. The second-order valence-corrected chi connectivity index (χ2v) is 5.42. The van der Waals surface area contributed by atoms with Crippen LogP contribution in [-0.2, 0) is 6.18 Å². The Hall–Kier alpha value is -1.60. The van der Waals surface area contributed by atoms with Crippen LogP contribution in [0.1, 0.15) is 10.4 Å². The summed E-state index contributed by atoms with van der Waals surface area (Å²) >= 11 is 1.46. The molecule has 0 aliphatic carbocycles. The summed E-state index contributed by atoms with van der Waals surface area (Å²) in [6.45, 7) is 2.99. The van der Waals surface area contributed by atoms with Crippen molar-refractivity contribution in [3.63, 3.8) is 0 Å². The van der Waals surface area contributed by atoms with E-state index in [1.165, 1.54) is 23.5 Å². The molecule has 0 aliphatic heterocycles. The molecule has 0 fully saturated rings. The molecule has 20 heavy (non-hydrogen) atoms. The summed E-state index contributed by atoms with van der Waals surface area (Å²) in [7, 11) is 0. The van der Waals surface area contributed by atoms with Gasteiger partial charge < -0.3 is 11.1 Å². The molecule has 108 valence electrons. The third-order valence-corrected chi connectivity index (χ3v) is 3.63. The van der Waals surface area contributed by atoms with Gasteiger partial charge in [0.05, 0.1) is 11.3 Å². The summed E-state index contributed by atoms with van der Waals surface area (Å²) in [5.41, 5.74) is 6.11. The summed E-state index contributed by atoms with van der Waals surface area (Å²) < 4.78 is 37.5. The van der Waals surface area contributed by atoms with Gasteiger partial charge in [0.15, 0.2) is 5.13 Å². The van der Waals surface area contributed by atoms with E-state index in [1.54, 1.807) is 0 Å². The van der Waals surface area contributed by atoms with Crippen LogP contribution in [0.2, 0.25) is 0 Å². The molecule has 0 unspecified atom stereocenters. The second-order valence-electron chi connectivity index (χ2n) is 4.21. The number of halogens is 3. The lowest BCUT2D eigenvalue weighted by molar-refractivity contribution is -0.137. The van der Waals surface area contributed by atoms with Gasteiger partial charge in [0.25, 0.3) is 0 Å². The molecule has 1 aromatic carbocycles. The van der Waals surface area contributed by atoms with E-state index in [9.17, 15) is 13.2 Å². The van der Waals surface area contributed by atoms with Gasteiger partial charge in [-0.25, -0.2) is 4.98 Å². The van der Waals surface area contributed by atoms with Crippen LogP contribution in [0.15, 0.2) is 24.3 Å². The van der Waals surface area contributed by atoms with Crippen LogP contribution < -0.4 is 11.1 Å². The van der Waals surface area contributed by atoms with E-state index >= 15 is 0 Å². The van der Waals surface area contributed by atoms with Crippen LogP contribution in [-0.4, -0.2) is 18.1 Å². The summed E-state index contributed by atoms with van der Waals surface area (Å²) in [5.74, 6) is 0. The molecule has 3 nitrogen and oxygen atoms in total. The average molecular weight is 301 g/mol. The third kappa shape index (κ3) is 3.29. The Bertz CT molecular complexity index is 576. The van der Waals surface area contributed by atoms with Crippen LogP contribution in [0.3, 0.4) is 0 Å². The molecule has 1 heterocycles. The lowest BCUT2D eigenvalue weighted by Gasteiger charge is -2.06. The van der Waals surface area contributed by atoms with Crippen LogP contribution in [0.5, 0.6) is 0 Å². The molecule has 0 radical (unpaired) electrons. The van der Waals surface area contributed by atoms with E-state index in [2.05, 4.69) is 10.3 Å². The molecule has 0 aliphatic rings. The van der Waals surface area contributed by atoms with Gasteiger partial charge >= 0.3 is 6.18 Å². The Kier molecular flexibility index (Phi) is 4.29. The number of aromatic nitrogens is 1. The van der Waals surface area contributed by atoms with Crippen molar-refractivity contribution in [3.8, 4) is 11.3 Å². The Morgan fingerprint density at radius 1 is 1.25 bits per heavy atom. The first-order chi connectivity index (χ1) is 9.41. The molecular formula is C13H14F3N3S. The number of nitrogens with one attached hydrogen (secondary N) is 1. The number of anilines is 1. The molecule has 0 atom stereocenters. The first kappa shape index (κ1) is 14.8. The zero-order valence-corrected chi connectivity index (χ0v) is 11.6. The van der Waals surface area contributed by atoms with Crippen LogP contribution >= 0.6 is 11.3 Å². The molecule has 0 saturated carbocycles. The summed E-state index contributed by atoms with van der Waals surface area (Å²) in [6, 6.07) is 5.03. The number of nitrogens with two attached hydrogens (primary N) is 1. The van der Waals surface area contributed by atoms with Crippen LogP contribution in [0.4, 0.5) is 18.3 Å². The van der Waals surface area contributed by atoms with Gasteiger partial charge in [-0.3, -0.25) is 0 Å². The first-order valence-corrected chi connectivity index (χ1v) is 6.82. The molecule has 0 spiro atoms. The van der Waals surface area contributed by atoms with Gasteiger partial charge in [0.1, 0.15) is 0 Å². The number of nitrogens with zero attached hydrogens (tertiary/aromatic N) is 1. The molecule has 0 amide bonds. The summed E-state index contributed by atoms with van der Waals surface area (Å²) in [5, 5.41) is 3.79. The summed E-state index contributed by atoms with van der Waals surface area (Å²) in [6.07, 6.45) is -4.32. The zero-order chi connectivity index (χ0) is 14.8. The monoisotopic (exact) mass is 301 g/mol. The Labute approximate surface area is 118 Å². The third-order valence-electron chi connectivity index (χ3n) is 2.70. The quantitative estimate of drug-likeness (QED) is 0.908. The van der Waals surface area contributed by atoms with Crippen molar-refractivity contribution in [1.82, 2.24) is 4.98 Å². The van der Waals surface area contributed by atoms with E-state index in [4.69, 9.17) is 5.73 Å². The van der Waals surface area contributed by atoms with Gasteiger partial charge in [-0.05, 0) is 19.1 Å². The maximum absolute atomic E-state index is 12.5. The van der Waals surface area contributed by atoms with Crippen molar-refractivity contribution in [2.75, 3.05) is 18.4 Å². The van der Waals surface area contributed by atoms with Gasteiger partial charge in [0, 0.05) is 23.5 Å². The maximum atomic E-state index is 12.5. The minimum Gasteiger partial charge on any atom is -0.360 e. The topological polar surface area (TPSA) is 50.9 Å². The molecule has 0 saturated heterocycles. The first-order valence-electron chi connectivity index (χ1n) is 6.01. The number of hydrogen-bond acceptors (Lipinski definition) is 4. The van der Waals surface area contributed by atoms with Crippen molar-refractivity contribution in [3.05, 3.63) is 34.7 Å². The largest absolute Gasteiger partial charge is 0.416 e. The van der Waals surface area contributed by atoms with Crippen molar-refractivity contribution >= 4 is 16.5 Å². The van der Waals surface area contributed by atoms with Crippen molar-refractivity contribution in [2.45, 2.75) is 13.1 Å². The summed E-state index contributed by atoms with van der Waals surface area (Å²) in [4.78, 5) is 5.33. The van der Waals surface area contributed by atoms with Gasteiger partial charge in [-0.1, -0.05) is 12.1 Å². The minimum atomic E-state index is -4.32. The highest BCUT2D eigenvalue weighted by molar-refractivity contribution is 7.16. The highest BCUT2D eigenvalue weighted by Crippen LogP contribution is 2.33. The predicted octanol–water partition coefficient (Wildman–Crippen LogP) is 3.51. The van der Waals surface area contributed by atoms with Crippen molar-refractivity contribution in [1.29, 1.82) is 0 Å².